The number of aromatic nitrogens is 3. The molecule has 126 valence electrons. The first-order chi connectivity index (χ1) is 11.8. The highest BCUT2D eigenvalue weighted by Gasteiger charge is 2.40. The van der Waals surface area contributed by atoms with E-state index in [1.165, 1.54) is 42.2 Å². The molecule has 3 fully saturated rings. The predicted octanol–water partition coefficient (Wildman–Crippen LogP) is 2.69. The number of rotatable bonds is 4. The van der Waals surface area contributed by atoms with E-state index in [9.17, 15) is 0 Å². The second-order valence-electron chi connectivity index (χ2n) is 7.60. The van der Waals surface area contributed by atoms with Crippen LogP contribution in [0.5, 0.6) is 0 Å². The summed E-state index contributed by atoms with van der Waals surface area (Å²) in [5.41, 5.74) is 2.47. The number of anilines is 1. The summed E-state index contributed by atoms with van der Waals surface area (Å²) in [6, 6.07) is 0. The monoisotopic (exact) mass is 341 g/mol. The van der Waals surface area contributed by atoms with E-state index in [1.807, 2.05) is 17.5 Å². The third-order valence-corrected chi connectivity index (χ3v) is 6.67. The van der Waals surface area contributed by atoms with E-state index in [1.54, 1.807) is 6.33 Å². The first-order valence-corrected chi connectivity index (χ1v) is 9.82. The molecule has 5 rings (SSSR count). The molecule has 3 aliphatic rings. The highest BCUT2D eigenvalue weighted by Crippen LogP contribution is 2.41. The van der Waals surface area contributed by atoms with Gasteiger partial charge in [0.2, 0.25) is 0 Å². The van der Waals surface area contributed by atoms with E-state index in [-0.39, 0.29) is 0 Å². The Morgan fingerprint density at radius 3 is 2.67 bits per heavy atom. The molecule has 0 aromatic carbocycles. The molecule has 2 saturated heterocycles. The predicted molar refractivity (Wildman–Crippen MR) is 95.3 cm³/mol. The van der Waals surface area contributed by atoms with Crippen molar-refractivity contribution in [3.63, 3.8) is 0 Å². The van der Waals surface area contributed by atoms with Crippen molar-refractivity contribution in [1.82, 2.24) is 19.9 Å². The van der Waals surface area contributed by atoms with Gasteiger partial charge in [-0.15, -0.1) is 11.3 Å². The number of fused-ring (bicyclic) bond motifs is 1. The van der Waals surface area contributed by atoms with Crippen LogP contribution < -0.4 is 4.90 Å². The molecule has 1 aliphatic carbocycles. The van der Waals surface area contributed by atoms with Crippen LogP contribution in [0.4, 0.5) is 5.82 Å². The molecule has 0 bridgehead atoms. The minimum atomic E-state index is 0.765. The first-order valence-electron chi connectivity index (χ1n) is 8.94. The van der Waals surface area contributed by atoms with Gasteiger partial charge in [0.1, 0.15) is 12.1 Å². The van der Waals surface area contributed by atoms with Gasteiger partial charge in [-0.3, -0.25) is 4.90 Å². The highest BCUT2D eigenvalue weighted by atomic mass is 32.1. The van der Waals surface area contributed by atoms with E-state index in [0.717, 1.165) is 43.2 Å². The van der Waals surface area contributed by atoms with Gasteiger partial charge in [0.05, 0.1) is 10.7 Å². The molecule has 4 heterocycles. The summed E-state index contributed by atoms with van der Waals surface area (Å²) in [5, 5.41) is 3.65. The molecule has 24 heavy (non-hydrogen) atoms. The highest BCUT2D eigenvalue weighted by molar-refractivity contribution is 7.09. The smallest absolute Gasteiger partial charge is 0.134 e. The molecule has 1 saturated carbocycles. The summed E-state index contributed by atoms with van der Waals surface area (Å²) in [4.78, 5) is 18.5. The fourth-order valence-corrected chi connectivity index (χ4v) is 5.24. The number of aryl methyl sites for hydroxylation is 1. The Balaban J connectivity index is 1.21. The Morgan fingerprint density at radius 1 is 1.17 bits per heavy atom. The Bertz CT molecular complexity index is 727. The van der Waals surface area contributed by atoms with Gasteiger partial charge >= 0.3 is 0 Å². The molecule has 0 amide bonds. The standard InChI is InChI=1S/C18H23N5S/c1-12-4-19-11-20-17(12)23-7-14-5-22(6-15(14)8-23)9-16-10-24-18(21-16)13-2-3-13/h4,10-11,13-15H,2-3,5-9H2,1H3. The molecule has 2 aromatic rings. The summed E-state index contributed by atoms with van der Waals surface area (Å²) in [6.07, 6.45) is 6.28. The summed E-state index contributed by atoms with van der Waals surface area (Å²) in [6.45, 7) is 7.79. The summed E-state index contributed by atoms with van der Waals surface area (Å²) in [7, 11) is 0. The van der Waals surface area contributed by atoms with E-state index in [4.69, 9.17) is 4.98 Å². The van der Waals surface area contributed by atoms with Crippen molar-refractivity contribution in [2.75, 3.05) is 31.1 Å². The van der Waals surface area contributed by atoms with Crippen molar-refractivity contribution >= 4 is 17.2 Å². The van der Waals surface area contributed by atoms with Gasteiger partial charge in [-0.2, -0.15) is 0 Å². The molecule has 0 spiro atoms. The molecule has 6 heteroatoms. The van der Waals surface area contributed by atoms with E-state index in [2.05, 4.69) is 32.1 Å². The van der Waals surface area contributed by atoms with Crippen molar-refractivity contribution in [3.05, 3.63) is 34.2 Å². The van der Waals surface area contributed by atoms with Crippen LogP contribution >= 0.6 is 11.3 Å². The van der Waals surface area contributed by atoms with Gasteiger partial charge in [0.25, 0.3) is 0 Å². The zero-order valence-electron chi connectivity index (χ0n) is 14.1. The van der Waals surface area contributed by atoms with Gasteiger partial charge in [0.15, 0.2) is 0 Å². The lowest BCUT2D eigenvalue weighted by atomic mass is 10.0. The number of likely N-dealkylation sites (tertiary alicyclic amines) is 1. The number of hydrogen-bond donors (Lipinski definition) is 0. The lowest BCUT2D eigenvalue weighted by Crippen LogP contribution is -2.29. The van der Waals surface area contributed by atoms with Crippen molar-refractivity contribution in [2.24, 2.45) is 11.8 Å². The van der Waals surface area contributed by atoms with Crippen LogP contribution in [0, 0.1) is 18.8 Å². The molecule has 2 atom stereocenters. The van der Waals surface area contributed by atoms with Crippen molar-refractivity contribution in [3.8, 4) is 0 Å². The average molecular weight is 341 g/mol. The van der Waals surface area contributed by atoms with Crippen LogP contribution in [0.15, 0.2) is 17.9 Å². The molecule has 0 N–H and O–H groups in total. The Morgan fingerprint density at radius 2 is 1.96 bits per heavy atom. The molecule has 2 aromatic heterocycles. The van der Waals surface area contributed by atoms with Crippen molar-refractivity contribution in [2.45, 2.75) is 32.2 Å². The van der Waals surface area contributed by atoms with E-state index in [0.29, 0.717) is 0 Å². The normalized spacial score (nSPS) is 27.0. The summed E-state index contributed by atoms with van der Waals surface area (Å²) < 4.78 is 0. The first kappa shape index (κ1) is 14.8. The summed E-state index contributed by atoms with van der Waals surface area (Å²) >= 11 is 1.86. The van der Waals surface area contributed by atoms with Gasteiger partial charge in [-0.1, -0.05) is 0 Å². The maximum atomic E-state index is 4.85. The molecule has 5 nitrogen and oxygen atoms in total. The van der Waals surface area contributed by atoms with E-state index < -0.39 is 0 Å². The molecular weight excluding hydrogens is 318 g/mol. The van der Waals surface area contributed by atoms with Crippen LogP contribution in [0.2, 0.25) is 0 Å². The number of hydrogen-bond acceptors (Lipinski definition) is 6. The number of nitrogens with zero attached hydrogens (tertiary/aromatic N) is 5. The Labute approximate surface area is 146 Å². The largest absolute Gasteiger partial charge is 0.356 e. The zero-order chi connectivity index (χ0) is 16.1. The van der Waals surface area contributed by atoms with Crippen LogP contribution in [-0.4, -0.2) is 46.0 Å². The molecular formula is C18H23N5S. The van der Waals surface area contributed by atoms with Crippen LogP contribution in [0.25, 0.3) is 0 Å². The maximum Gasteiger partial charge on any atom is 0.134 e. The Hall–Kier alpha value is -1.53. The third-order valence-electron chi connectivity index (χ3n) is 5.61. The lowest BCUT2D eigenvalue weighted by Gasteiger charge is -2.22. The minimum absolute atomic E-state index is 0.765. The van der Waals surface area contributed by atoms with E-state index >= 15 is 0 Å². The lowest BCUT2D eigenvalue weighted by molar-refractivity contribution is 0.305. The second-order valence-corrected chi connectivity index (χ2v) is 8.49. The third kappa shape index (κ3) is 2.71. The van der Waals surface area contributed by atoms with Gasteiger partial charge in [-0.25, -0.2) is 15.0 Å². The fourth-order valence-electron chi connectivity index (χ4n) is 4.26. The van der Waals surface area contributed by atoms with Crippen LogP contribution in [-0.2, 0) is 6.54 Å². The maximum absolute atomic E-state index is 4.85. The molecule has 2 unspecified atom stereocenters. The average Bonchev–Trinajstić information content (AvgIpc) is 3.02. The Kier molecular flexibility index (Phi) is 3.56. The molecule has 0 radical (unpaired) electrons. The molecule has 2 aliphatic heterocycles. The van der Waals surface area contributed by atoms with Gasteiger partial charge < -0.3 is 4.90 Å². The van der Waals surface area contributed by atoms with Crippen LogP contribution in [0.1, 0.15) is 35.0 Å². The topological polar surface area (TPSA) is 45.2 Å². The van der Waals surface area contributed by atoms with Crippen molar-refractivity contribution < 1.29 is 0 Å². The second kappa shape index (κ2) is 5.77. The van der Waals surface area contributed by atoms with Crippen molar-refractivity contribution in [1.29, 1.82) is 0 Å². The van der Waals surface area contributed by atoms with Gasteiger partial charge in [0, 0.05) is 55.8 Å². The summed E-state index contributed by atoms with van der Waals surface area (Å²) in [5.74, 6) is 3.44. The minimum Gasteiger partial charge on any atom is -0.356 e. The fraction of sp³-hybridized carbons (Fsp3) is 0.611. The zero-order valence-corrected chi connectivity index (χ0v) is 14.9. The quantitative estimate of drug-likeness (QED) is 0.855. The van der Waals surface area contributed by atoms with Crippen LogP contribution in [0.3, 0.4) is 0 Å². The number of thiazole rings is 1. The SMILES string of the molecule is Cc1cncnc1N1CC2CN(Cc3csc(C4CC4)n3)CC2C1. The van der Waals surface area contributed by atoms with Gasteiger partial charge in [-0.05, 0) is 31.6 Å².